The molecular formula is C15H8ClIO2. The van der Waals surface area contributed by atoms with Crippen LogP contribution in [0.15, 0.2) is 48.5 Å². The van der Waals surface area contributed by atoms with Crippen LogP contribution in [-0.4, -0.2) is 5.97 Å². The van der Waals surface area contributed by atoms with Crippen molar-refractivity contribution < 1.29 is 7.86 Å². The van der Waals surface area contributed by atoms with Gasteiger partial charge in [0.15, 0.2) is 0 Å². The first-order valence-corrected chi connectivity index (χ1v) is 8.94. The van der Waals surface area contributed by atoms with Crippen LogP contribution < -0.4 is 0 Å². The Labute approximate surface area is 123 Å². The second-order valence-electron chi connectivity index (χ2n) is 3.82. The number of benzene rings is 2. The molecule has 0 unspecified atom stereocenters. The van der Waals surface area contributed by atoms with Gasteiger partial charge >= 0.3 is 124 Å². The van der Waals surface area contributed by atoms with Crippen molar-refractivity contribution in [2.24, 2.45) is 0 Å². The molecule has 0 radical (unpaired) electrons. The summed E-state index contributed by atoms with van der Waals surface area (Å²) >= 11 is 3.67. The van der Waals surface area contributed by atoms with Gasteiger partial charge in [-0.15, -0.1) is 0 Å². The van der Waals surface area contributed by atoms with Gasteiger partial charge in [-0.2, -0.15) is 0 Å². The van der Waals surface area contributed by atoms with E-state index in [1.54, 1.807) is 18.2 Å². The van der Waals surface area contributed by atoms with Gasteiger partial charge in [0.25, 0.3) is 0 Å². The van der Waals surface area contributed by atoms with E-state index in [0.29, 0.717) is 10.6 Å². The summed E-state index contributed by atoms with van der Waals surface area (Å²) in [5.41, 5.74) is 1.54. The van der Waals surface area contributed by atoms with Crippen LogP contribution in [-0.2, 0) is 3.07 Å². The molecule has 1 aliphatic rings. The van der Waals surface area contributed by atoms with Gasteiger partial charge in [0, 0.05) is 0 Å². The zero-order valence-corrected chi connectivity index (χ0v) is 12.6. The maximum absolute atomic E-state index is 11.7. The Kier molecular flexibility index (Phi) is 3.45. The number of hydrogen-bond acceptors (Lipinski definition) is 2. The Morgan fingerprint density at radius 1 is 1.05 bits per heavy atom. The minimum absolute atomic E-state index is 0.244. The van der Waals surface area contributed by atoms with E-state index >= 15 is 0 Å². The topological polar surface area (TPSA) is 26.3 Å². The molecule has 3 rings (SSSR count). The molecule has 19 heavy (non-hydrogen) atoms. The average Bonchev–Trinajstić information content (AvgIpc) is 2.76. The summed E-state index contributed by atoms with van der Waals surface area (Å²) < 4.78 is 9.50. The Morgan fingerprint density at radius 2 is 1.79 bits per heavy atom. The standard InChI is InChI=1S/C15H8ClIO2/c16-12-7-5-11(6-8-12)9-10-17-14-4-2-1-3-13(14)15(18)19-17/h1-8H. The Morgan fingerprint density at radius 3 is 2.58 bits per heavy atom. The number of carbonyl (C=O) groups excluding carboxylic acids is 1. The molecule has 0 saturated heterocycles. The molecule has 0 aromatic heterocycles. The summed E-state index contributed by atoms with van der Waals surface area (Å²) in [5, 5.41) is 0.682. The maximum atomic E-state index is 11.7. The molecule has 0 spiro atoms. The molecule has 0 fully saturated rings. The van der Waals surface area contributed by atoms with E-state index in [4.69, 9.17) is 14.7 Å². The zero-order chi connectivity index (χ0) is 13.2. The van der Waals surface area contributed by atoms with Crippen LogP contribution in [0.1, 0.15) is 15.9 Å². The van der Waals surface area contributed by atoms with Crippen molar-refractivity contribution in [3.8, 4) is 9.85 Å². The van der Waals surface area contributed by atoms with Crippen LogP contribution in [0.25, 0.3) is 0 Å². The number of carbonyl (C=O) groups is 1. The van der Waals surface area contributed by atoms with Crippen LogP contribution in [0.2, 0.25) is 5.02 Å². The van der Waals surface area contributed by atoms with Crippen molar-refractivity contribution in [1.29, 1.82) is 0 Å². The van der Waals surface area contributed by atoms with E-state index in [0.717, 1.165) is 9.13 Å². The summed E-state index contributed by atoms with van der Waals surface area (Å²) in [7, 11) is 0. The molecule has 4 heteroatoms. The van der Waals surface area contributed by atoms with Gasteiger partial charge in [-0.3, -0.25) is 0 Å². The minimum atomic E-state index is -2.15. The molecule has 1 heterocycles. The van der Waals surface area contributed by atoms with Gasteiger partial charge in [-0.05, 0) is 0 Å². The van der Waals surface area contributed by atoms with Gasteiger partial charge in [-0.1, -0.05) is 0 Å². The average molecular weight is 383 g/mol. The Hall–Kier alpha value is -1.51. The van der Waals surface area contributed by atoms with Crippen LogP contribution in [0.5, 0.6) is 0 Å². The van der Waals surface area contributed by atoms with Crippen molar-refractivity contribution in [2.45, 2.75) is 0 Å². The Balaban J connectivity index is 1.90. The summed E-state index contributed by atoms with van der Waals surface area (Å²) in [6.45, 7) is 0. The van der Waals surface area contributed by atoms with Gasteiger partial charge in [0.05, 0.1) is 0 Å². The monoisotopic (exact) mass is 382 g/mol. The quantitative estimate of drug-likeness (QED) is 0.506. The first kappa shape index (κ1) is 12.5. The van der Waals surface area contributed by atoms with E-state index in [2.05, 4.69) is 9.85 Å². The van der Waals surface area contributed by atoms with Crippen molar-refractivity contribution >= 4 is 37.8 Å². The van der Waals surface area contributed by atoms with Crippen LogP contribution in [0, 0.1) is 13.4 Å². The molecule has 0 aliphatic carbocycles. The molecule has 0 atom stereocenters. The van der Waals surface area contributed by atoms with Gasteiger partial charge in [-0.25, -0.2) is 0 Å². The van der Waals surface area contributed by atoms with E-state index in [1.165, 1.54) is 0 Å². The summed E-state index contributed by atoms with van der Waals surface area (Å²) in [4.78, 5) is 11.7. The summed E-state index contributed by atoms with van der Waals surface area (Å²) in [6.07, 6.45) is 0. The molecule has 0 amide bonds. The number of halogens is 2. The molecule has 94 valence electrons. The molecule has 0 saturated carbocycles. The molecule has 1 aliphatic heterocycles. The van der Waals surface area contributed by atoms with Gasteiger partial charge in [0.1, 0.15) is 0 Å². The third kappa shape index (κ3) is 2.60. The van der Waals surface area contributed by atoms with E-state index in [9.17, 15) is 4.79 Å². The summed E-state index contributed by atoms with van der Waals surface area (Å²) in [5.74, 6) is 2.81. The summed E-state index contributed by atoms with van der Waals surface area (Å²) in [6, 6.07) is 14.8. The third-order valence-corrected chi connectivity index (χ3v) is 6.40. The van der Waals surface area contributed by atoms with E-state index in [1.807, 2.05) is 30.3 Å². The fourth-order valence-electron chi connectivity index (χ4n) is 1.63. The normalized spacial score (nSPS) is 14.4. The number of rotatable bonds is 0. The van der Waals surface area contributed by atoms with Crippen LogP contribution in [0.4, 0.5) is 0 Å². The van der Waals surface area contributed by atoms with Crippen molar-refractivity contribution in [3.05, 3.63) is 68.3 Å². The van der Waals surface area contributed by atoms with Gasteiger partial charge in [0.2, 0.25) is 0 Å². The Bertz CT molecular complexity index is 698. The third-order valence-electron chi connectivity index (χ3n) is 2.55. The fraction of sp³-hybridized carbons (Fsp3) is 0. The van der Waals surface area contributed by atoms with E-state index < -0.39 is 20.2 Å². The van der Waals surface area contributed by atoms with Crippen LogP contribution in [0.3, 0.4) is 0 Å². The van der Waals surface area contributed by atoms with E-state index in [-0.39, 0.29) is 5.97 Å². The first-order valence-electron chi connectivity index (χ1n) is 5.53. The molecule has 2 nitrogen and oxygen atoms in total. The zero-order valence-electron chi connectivity index (χ0n) is 9.69. The SMILES string of the molecule is O=C1OI(C#Cc2ccc(Cl)cc2)c2ccccc21. The molecule has 2 aromatic carbocycles. The number of hydrogen-bond donors (Lipinski definition) is 0. The second kappa shape index (κ2) is 5.24. The van der Waals surface area contributed by atoms with Gasteiger partial charge < -0.3 is 0 Å². The second-order valence-corrected chi connectivity index (χ2v) is 7.82. The van der Waals surface area contributed by atoms with Crippen molar-refractivity contribution in [2.75, 3.05) is 0 Å². The predicted molar refractivity (Wildman–Crippen MR) is 82.9 cm³/mol. The molecule has 0 bridgehead atoms. The molecule has 0 N–H and O–H groups in total. The van der Waals surface area contributed by atoms with Crippen LogP contribution >= 0.6 is 31.8 Å². The first-order chi connectivity index (χ1) is 9.24. The van der Waals surface area contributed by atoms with Crippen molar-refractivity contribution in [1.82, 2.24) is 0 Å². The predicted octanol–water partition coefficient (Wildman–Crippen LogP) is 4.11. The molecule has 2 aromatic rings. The molecular weight excluding hydrogens is 375 g/mol. The fourth-order valence-corrected chi connectivity index (χ4v) is 5.05. The number of fused-ring (bicyclic) bond motifs is 1. The van der Waals surface area contributed by atoms with Crippen molar-refractivity contribution in [3.63, 3.8) is 0 Å².